The highest BCUT2D eigenvalue weighted by Gasteiger charge is 2.32. The second-order valence-electron chi connectivity index (χ2n) is 3.32. The number of amides is 1. The molecule has 1 amide bonds. The summed E-state index contributed by atoms with van der Waals surface area (Å²) in [6, 6.07) is 0.171. The van der Waals surface area contributed by atoms with Crippen molar-refractivity contribution in [3.63, 3.8) is 0 Å². The highest BCUT2D eigenvalue weighted by Crippen LogP contribution is 2.13. The normalized spacial score (nSPS) is 26.4. The summed E-state index contributed by atoms with van der Waals surface area (Å²) in [5.74, 6) is 1.04. The van der Waals surface area contributed by atoms with Gasteiger partial charge in [0.25, 0.3) is 0 Å². The van der Waals surface area contributed by atoms with E-state index in [1.54, 1.807) is 11.8 Å². The Labute approximate surface area is 89.2 Å². The molecule has 14 heavy (non-hydrogen) atoms. The van der Waals surface area contributed by atoms with Gasteiger partial charge in [-0.1, -0.05) is 0 Å². The molecule has 2 atom stereocenters. The first-order chi connectivity index (χ1) is 6.79. The van der Waals surface area contributed by atoms with Crippen LogP contribution in [0.4, 0.5) is 0 Å². The number of nitrogens with one attached hydrogen (secondary N) is 2. The zero-order valence-electron chi connectivity index (χ0n) is 8.71. The minimum atomic E-state index is -0.0261. The molecule has 4 nitrogen and oxygen atoms in total. The number of likely N-dealkylation sites (N-methyl/N-ethyl adjacent to an activating group) is 1. The first-order valence-corrected chi connectivity index (χ1v) is 6.20. The maximum Gasteiger partial charge on any atom is 0.227 e. The molecule has 0 spiro atoms. The predicted molar refractivity (Wildman–Crippen MR) is 58.5 cm³/mol. The third kappa shape index (κ3) is 3.15. The fourth-order valence-electron chi connectivity index (χ4n) is 1.50. The summed E-state index contributed by atoms with van der Waals surface area (Å²) in [5.41, 5.74) is 0. The minimum absolute atomic E-state index is 0.0261. The summed E-state index contributed by atoms with van der Waals surface area (Å²) in [6.07, 6.45) is 2.03. The number of hydrogen-bond acceptors (Lipinski definition) is 4. The molecule has 0 aliphatic carbocycles. The van der Waals surface area contributed by atoms with Gasteiger partial charge in [-0.3, -0.25) is 4.79 Å². The molecule has 0 aromatic heterocycles. The molecule has 2 unspecified atom stereocenters. The van der Waals surface area contributed by atoms with Crippen molar-refractivity contribution in [2.45, 2.75) is 6.04 Å². The Hall–Kier alpha value is -0.260. The van der Waals surface area contributed by atoms with E-state index in [9.17, 15) is 4.79 Å². The predicted octanol–water partition coefficient (Wildman–Crippen LogP) is -0.300. The third-order valence-electron chi connectivity index (χ3n) is 2.39. The lowest BCUT2D eigenvalue weighted by Crippen LogP contribution is -2.43. The number of carbonyl (C=O) groups is 1. The first kappa shape index (κ1) is 11.8. The van der Waals surface area contributed by atoms with Crippen molar-refractivity contribution in [3.8, 4) is 0 Å². The van der Waals surface area contributed by atoms with E-state index in [-0.39, 0.29) is 17.9 Å². The van der Waals surface area contributed by atoms with E-state index in [2.05, 4.69) is 10.6 Å². The van der Waals surface area contributed by atoms with Crippen molar-refractivity contribution in [3.05, 3.63) is 0 Å². The van der Waals surface area contributed by atoms with Crippen molar-refractivity contribution in [2.24, 2.45) is 5.92 Å². The van der Waals surface area contributed by atoms with E-state index in [0.717, 1.165) is 12.3 Å². The van der Waals surface area contributed by atoms with Crippen LogP contribution >= 0.6 is 11.8 Å². The molecule has 5 heteroatoms. The Morgan fingerprint density at radius 3 is 3.00 bits per heavy atom. The van der Waals surface area contributed by atoms with Crippen LogP contribution in [0, 0.1) is 5.92 Å². The standard InChI is InChI=1S/C9H18N2O2S/c1-10-8-6-13-5-7(8)9(12)11-3-4-14-2/h7-8,10H,3-6H2,1-2H3,(H,11,12). The van der Waals surface area contributed by atoms with E-state index in [0.29, 0.717) is 13.2 Å². The Kier molecular flexibility index (Phi) is 5.29. The van der Waals surface area contributed by atoms with E-state index < -0.39 is 0 Å². The van der Waals surface area contributed by atoms with Gasteiger partial charge in [-0.05, 0) is 13.3 Å². The molecule has 0 radical (unpaired) electrons. The molecule has 0 aromatic carbocycles. The van der Waals surface area contributed by atoms with Crippen LogP contribution in [0.15, 0.2) is 0 Å². The van der Waals surface area contributed by atoms with Gasteiger partial charge in [0, 0.05) is 18.3 Å². The zero-order chi connectivity index (χ0) is 10.4. The quantitative estimate of drug-likeness (QED) is 0.622. The Morgan fingerprint density at radius 1 is 1.57 bits per heavy atom. The number of ether oxygens (including phenoxy) is 1. The maximum absolute atomic E-state index is 11.6. The Balaban J connectivity index is 2.28. The fourth-order valence-corrected chi connectivity index (χ4v) is 1.81. The van der Waals surface area contributed by atoms with Crippen LogP contribution in [-0.2, 0) is 9.53 Å². The Bertz CT molecular complexity index is 190. The van der Waals surface area contributed by atoms with Crippen LogP contribution in [0.5, 0.6) is 0 Å². The number of rotatable bonds is 5. The van der Waals surface area contributed by atoms with Crippen LogP contribution in [0.2, 0.25) is 0 Å². The highest BCUT2D eigenvalue weighted by atomic mass is 32.2. The largest absolute Gasteiger partial charge is 0.379 e. The summed E-state index contributed by atoms with van der Waals surface area (Å²) in [6.45, 7) is 1.92. The molecule has 0 aromatic rings. The van der Waals surface area contributed by atoms with Gasteiger partial charge in [-0.25, -0.2) is 0 Å². The third-order valence-corrected chi connectivity index (χ3v) is 3.01. The second kappa shape index (κ2) is 6.27. The molecule has 1 rings (SSSR count). The molecule has 1 fully saturated rings. The average molecular weight is 218 g/mol. The van der Waals surface area contributed by atoms with Crippen LogP contribution in [0.25, 0.3) is 0 Å². The minimum Gasteiger partial charge on any atom is -0.379 e. The lowest BCUT2D eigenvalue weighted by Gasteiger charge is -2.15. The molecule has 1 aliphatic rings. The fraction of sp³-hybridized carbons (Fsp3) is 0.889. The monoisotopic (exact) mass is 218 g/mol. The molecule has 1 heterocycles. The molecule has 1 aliphatic heterocycles. The molecular weight excluding hydrogens is 200 g/mol. The van der Waals surface area contributed by atoms with Crippen molar-refractivity contribution in [1.82, 2.24) is 10.6 Å². The van der Waals surface area contributed by atoms with Crippen molar-refractivity contribution < 1.29 is 9.53 Å². The van der Waals surface area contributed by atoms with E-state index in [1.165, 1.54) is 0 Å². The van der Waals surface area contributed by atoms with Gasteiger partial charge in [-0.15, -0.1) is 0 Å². The van der Waals surface area contributed by atoms with Gasteiger partial charge in [0.15, 0.2) is 0 Å². The second-order valence-corrected chi connectivity index (χ2v) is 4.31. The van der Waals surface area contributed by atoms with Crippen molar-refractivity contribution in [2.75, 3.05) is 38.8 Å². The average Bonchev–Trinajstić information content (AvgIpc) is 2.65. The molecule has 0 saturated carbocycles. The lowest BCUT2D eigenvalue weighted by molar-refractivity contribution is -0.125. The van der Waals surface area contributed by atoms with E-state index >= 15 is 0 Å². The van der Waals surface area contributed by atoms with Crippen LogP contribution in [0.3, 0.4) is 0 Å². The molecule has 1 saturated heterocycles. The van der Waals surface area contributed by atoms with Crippen molar-refractivity contribution in [1.29, 1.82) is 0 Å². The SMILES string of the molecule is CNC1COCC1C(=O)NCCSC. The maximum atomic E-state index is 11.6. The van der Waals surface area contributed by atoms with E-state index in [1.807, 2.05) is 13.3 Å². The smallest absolute Gasteiger partial charge is 0.227 e. The van der Waals surface area contributed by atoms with E-state index in [4.69, 9.17) is 4.74 Å². The first-order valence-electron chi connectivity index (χ1n) is 4.81. The van der Waals surface area contributed by atoms with Gasteiger partial charge >= 0.3 is 0 Å². The van der Waals surface area contributed by atoms with Gasteiger partial charge in [0.05, 0.1) is 19.1 Å². The number of thioether (sulfide) groups is 1. The van der Waals surface area contributed by atoms with Crippen LogP contribution in [-0.4, -0.2) is 50.8 Å². The summed E-state index contributed by atoms with van der Waals surface area (Å²) in [7, 11) is 1.86. The van der Waals surface area contributed by atoms with Gasteiger partial charge in [-0.2, -0.15) is 11.8 Å². The zero-order valence-corrected chi connectivity index (χ0v) is 9.52. The van der Waals surface area contributed by atoms with Crippen molar-refractivity contribution >= 4 is 17.7 Å². The number of hydrogen-bond donors (Lipinski definition) is 2. The summed E-state index contributed by atoms with van der Waals surface area (Å²) in [5, 5.41) is 6.00. The lowest BCUT2D eigenvalue weighted by atomic mass is 10.0. The summed E-state index contributed by atoms with van der Waals surface area (Å²) < 4.78 is 5.26. The summed E-state index contributed by atoms with van der Waals surface area (Å²) >= 11 is 1.73. The molecular formula is C9H18N2O2S. The topological polar surface area (TPSA) is 50.4 Å². The molecule has 0 bridgehead atoms. The van der Waals surface area contributed by atoms with Gasteiger partial charge < -0.3 is 15.4 Å². The molecule has 2 N–H and O–H groups in total. The Morgan fingerprint density at radius 2 is 2.36 bits per heavy atom. The summed E-state index contributed by atoms with van der Waals surface area (Å²) in [4.78, 5) is 11.6. The van der Waals surface area contributed by atoms with Crippen LogP contribution < -0.4 is 10.6 Å². The highest BCUT2D eigenvalue weighted by molar-refractivity contribution is 7.98. The van der Waals surface area contributed by atoms with Crippen LogP contribution in [0.1, 0.15) is 0 Å². The van der Waals surface area contributed by atoms with Gasteiger partial charge in [0.2, 0.25) is 5.91 Å². The number of carbonyl (C=O) groups excluding carboxylic acids is 1. The molecule has 82 valence electrons. The van der Waals surface area contributed by atoms with Gasteiger partial charge in [0.1, 0.15) is 0 Å².